The topological polar surface area (TPSA) is 50.4 Å². The highest BCUT2D eigenvalue weighted by atomic mass is 16.7. The second-order valence-electron chi connectivity index (χ2n) is 5.57. The Hall–Kier alpha value is -1.39. The molecule has 1 amide bonds. The molecule has 0 radical (unpaired) electrons. The number of hydroxylamine groups is 1. The fraction of sp³-hybridized carbons (Fsp3) is 0.500. The number of fused-ring (bicyclic) bond motifs is 1. The van der Waals surface area contributed by atoms with Gasteiger partial charge < -0.3 is 5.32 Å². The first-order chi connectivity index (χ1) is 8.46. The number of amides is 1. The Labute approximate surface area is 108 Å². The minimum Gasteiger partial charge on any atom is -0.324 e. The van der Waals surface area contributed by atoms with E-state index in [0.29, 0.717) is 0 Å². The van der Waals surface area contributed by atoms with Gasteiger partial charge in [0, 0.05) is 5.69 Å². The van der Waals surface area contributed by atoms with E-state index in [2.05, 4.69) is 10.8 Å². The summed E-state index contributed by atoms with van der Waals surface area (Å²) < 4.78 is 0. The van der Waals surface area contributed by atoms with Crippen molar-refractivity contribution < 1.29 is 9.63 Å². The molecule has 0 aliphatic carbocycles. The zero-order valence-electron chi connectivity index (χ0n) is 11.1. The fourth-order valence-corrected chi connectivity index (χ4v) is 1.87. The summed E-state index contributed by atoms with van der Waals surface area (Å²) in [7, 11) is 0. The van der Waals surface area contributed by atoms with E-state index in [-0.39, 0.29) is 17.6 Å². The quantitative estimate of drug-likeness (QED) is 0.789. The van der Waals surface area contributed by atoms with Gasteiger partial charge in [-0.2, -0.15) is 5.48 Å². The standard InChI is InChI=1S/C14H20N2O2/c1-14(2,3)18-16-12-9-8-10-6-4-5-7-11(10)15-13(12)17/h4-7,12,16H,8-9H2,1-3H3,(H,15,17). The van der Waals surface area contributed by atoms with Crippen LogP contribution in [0.3, 0.4) is 0 Å². The minimum atomic E-state index is -0.309. The highest BCUT2D eigenvalue weighted by Crippen LogP contribution is 2.21. The van der Waals surface area contributed by atoms with Gasteiger partial charge in [0.1, 0.15) is 6.04 Å². The first-order valence-electron chi connectivity index (χ1n) is 6.28. The lowest BCUT2D eigenvalue weighted by Crippen LogP contribution is -2.43. The molecule has 98 valence electrons. The Morgan fingerprint density at radius 3 is 2.78 bits per heavy atom. The molecule has 0 saturated heterocycles. The first kappa shape index (κ1) is 13.1. The number of benzene rings is 1. The highest BCUT2D eigenvalue weighted by Gasteiger charge is 2.25. The number of rotatable bonds is 2. The Morgan fingerprint density at radius 1 is 1.33 bits per heavy atom. The molecule has 0 saturated carbocycles. The second kappa shape index (κ2) is 5.08. The van der Waals surface area contributed by atoms with Gasteiger partial charge in [-0.1, -0.05) is 18.2 Å². The van der Waals surface area contributed by atoms with Gasteiger partial charge in [0.25, 0.3) is 0 Å². The van der Waals surface area contributed by atoms with Crippen LogP contribution in [-0.2, 0) is 16.1 Å². The Balaban J connectivity index is 2.03. The summed E-state index contributed by atoms with van der Waals surface area (Å²) in [6, 6.07) is 7.59. The summed E-state index contributed by atoms with van der Waals surface area (Å²) in [5, 5.41) is 2.93. The summed E-state index contributed by atoms with van der Waals surface area (Å²) in [6.07, 6.45) is 1.60. The number of carbonyl (C=O) groups excluding carboxylic acids is 1. The van der Waals surface area contributed by atoms with Crippen molar-refractivity contribution in [2.24, 2.45) is 0 Å². The molecule has 1 aliphatic rings. The molecule has 4 heteroatoms. The summed E-state index contributed by atoms with van der Waals surface area (Å²) in [5.74, 6) is -0.0378. The SMILES string of the molecule is CC(C)(C)ONC1CCc2ccccc2NC1=O. The van der Waals surface area contributed by atoms with E-state index in [1.54, 1.807) is 0 Å². The normalized spacial score (nSPS) is 19.9. The molecular formula is C14H20N2O2. The van der Waals surface area contributed by atoms with Gasteiger partial charge in [-0.05, 0) is 45.2 Å². The second-order valence-corrected chi connectivity index (χ2v) is 5.57. The van der Waals surface area contributed by atoms with Gasteiger partial charge in [-0.15, -0.1) is 0 Å². The van der Waals surface area contributed by atoms with E-state index < -0.39 is 0 Å². The van der Waals surface area contributed by atoms with E-state index in [9.17, 15) is 4.79 Å². The van der Waals surface area contributed by atoms with E-state index in [1.165, 1.54) is 5.56 Å². The molecule has 0 aromatic heterocycles. The third-order valence-electron chi connectivity index (χ3n) is 2.80. The molecule has 1 heterocycles. The number of anilines is 1. The third kappa shape index (κ3) is 3.31. The van der Waals surface area contributed by atoms with Gasteiger partial charge in [0.05, 0.1) is 5.60 Å². The van der Waals surface area contributed by atoms with Crippen molar-refractivity contribution in [2.75, 3.05) is 5.32 Å². The molecule has 1 atom stereocenters. The number of aryl methyl sites for hydroxylation is 1. The smallest absolute Gasteiger partial charge is 0.243 e. The molecule has 1 unspecified atom stereocenters. The first-order valence-corrected chi connectivity index (χ1v) is 6.28. The zero-order valence-corrected chi connectivity index (χ0v) is 11.1. The van der Waals surface area contributed by atoms with Crippen LogP contribution in [0, 0.1) is 0 Å². The van der Waals surface area contributed by atoms with Crippen LogP contribution in [0.2, 0.25) is 0 Å². The molecule has 0 bridgehead atoms. The van der Waals surface area contributed by atoms with Crippen LogP contribution >= 0.6 is 0 Å². The monoisotopic (exact) mass is 248 g/mol. The summed E-state index contributed by atoms with van der Waals surface area (Å²) in [4.78, 5) is 17.5. The van der Waals surface area contributed by atoms with Gasteiger partial charge in [-0.3, -0.25) is 9.63 Å². The summed E-state index contributed by atoms with van der Waals surface area (Å²) >= 11 is 0. The van der Waals surface area contributed by atoms with Gasteiger partial charge in [0.15, 0.2) is 0 Å². The van der Waals surface area contributed by atoms with Gasteiger partial charge in [-0.25, -0.2) is 0 Å². The lowest BCUT2D eigenvalue weighted by Gasteiger charge is -2.23. The maximum absolute atomic E-state index is 12.0. The molecule has 1 aromatic carbocycles. The predicted molar refractivity (Wildman–Crippen MR) is 71.2 cm³/mol. The molecule has 1 aromatic rings. The molecule has 2 N–H and O–H groups in total. The molecule has 0 spiro atoms. The predicted octanol–water partition coefficient (Wildman–Crippen LogP) is 2.26. The lowest BCUT2D eigenvalue weighted by atomic mass is 10.1. The van der Waals surface area contributed by atoms with Crippen molar-refractivity contribution in [3.8, 4) is 0 Å². The molecule has 2 rings (SSSR count). The zero-order chi connectivity index (χ0) is 13.2. The van der Waals surface area contributed by atoms with Crippen LogP contribution in [0.4, 0.5) is 5.69 Å². The minimum absolute atomic E-state index is 0.0378. The number of para-hydroxylation sites is 1. The molecule has 4 nitrogen and oxygen atoms in total. The third-order valence-corrected chi connectivity index (χ3v) is 2.80. The maximum atomic E-state index is 12.0. The van der Waals surface area contributed by atoms with Crippen LogP contribution in [-0.4, -0.2) is 17.6 Å². The maximum Gasteiger partial charge on any atom is 0.243 e. The van der Waals surface area contributed by atoms with Gasteiger partial charge >= 0.3 is 0 Å². The average molecular weight is 248 g/mol. The van der Waals surface area contributed by atoms with Crippen molar-refractivity contribution in [2.45, 2.75) is 45.3 Å². The van der Waals surface area contributed by atoms with Crippen molar-refractivity contribution in [3.63, 3.8) is 0 Å². The van der Waals surface area contributed by atoms with Crippen molar-refractivity contribution in [1.82, 2.24) is 5.48 Å². The lowest BCUT2D eigenvalue weighted by molar-refractivity contribution is -0.130. The average Bonchev–Trinajstić information content (AvgIpc) is 2.44. The summed E-state index contributed by atoms with van der Waals surface area (Å²) in [6.45, 7) is 5.84. The largest absolute Gasteiger partial charge is 0.324 e. The molecular weight excluding hydrogens is 228 g/mol. The molecule has 18 heavy (non-hydrogen) atoms. The summed E-state index contributed by atoms with van der Waals surface area (Å²) in [5.41, 5.74) is 4.65. The van der Waals surface area contributed by atoms with Crippen molar-refractivity contribution >= 4 is 11.6 Å². The van der Waals surface area contributed by atoms with Crippen LogP contribution < -0.4 is 10.8 Å². The molecule has 0 fully saturated rings. The van der Waals surface area contributed by atoms with E-state index in [4.69, 9.17) is 4.84 Å². The number of hydrogen-bond acceptors (Lipinski definition) is 3. The van der Waals surface area contributed by atoms with Gasteiger partial charge in [0.2, 0.25) is 5.91 Å². The number of carbonyl (C=O) groups is 1. The fourth-order valence-electron chi connectivity index (χ4n) is 1.87. The Kier molecular flexibility index (Phi) is 3.68. The number of nitrogens with one attached hydrogen (secondary N) is 2. The van der Waals surface area contributed by atoms with E-state index in [0.717, 1.165) is 18.5 Å². The van der Waals surface area contributed by atoms with Crippen molar-refractivity contribution in [1.29, 1.82) is 0 Å². The Bertz CT molecular complexity index is 438. The number of hydrogen-bond donors (Lipinski definition) is 2. The van der Waals surface area contributed by atoms with Crippen LogP contribution in [0.15, 0.2) is 24.3 Å². The van der Waals surface area contributed by atoms with E-state index in [1.807, 2.05) is 45.0 Å². The Morgan fingerprint density at radius 2 is 2.06 bits per heavy atom. The molecule has 1 aliphatic heterocycles. The van der Waals surface area contributed by atoms with E-state index >= 15 is 0 Å². The van der Waals surface area contributed by atoms with Crippen LogP contribution in [0.25, 0.3) is 0 Å². The van der Waals surface area contributed by atoms with Crippen LogP contribution in [0.1, 0.15) is 32.8 Å². The van der Waals surface area contributed by atoms with Crippen molar-refractivity contribution in [3.05, 3.63) is 29.8 Å². The van der Waals surface area contributed by atoms with Crippen LogP contribution in [0.5, 0.6) is 0 Å². The highest BCUT2D eigenvalue weighted by molar-refractivity contribution is 5.96.